The highest BCUT2D eigenvalue weighted by molar-refractivity contribution is 7.53. The van der Waals surface area contributed by atoms with Gasteiger partial charge in [0.05, 0.1) is 0 Å². The second-order valence-electron chi connectivity index (χ2n) is 5.82. The molecule has 0 amide bonds. The van der Waals surface area contributed by atoms with Crippen LogP contribution in [0.5, 0.6) is 0 Å². The third kappa shape index (κ3) is 3.71. The highest BCUT2D eigenvalue weighted by Gasteiger charge is 2.51. The van der Waals surface area contributed by atoms with Gasteiger partial charge in [-0.2, -0.15) is 0 Å². The number of hydrogen-bond donors (Lipinski definition) is 2. The monoisotopic (exact) mass is 386 g/mol. The Balaban J connectivity index is 2.78. The van der Waals surface area contributed by atoms with E-state index in [2.05, 4.69) is 0 Å². The van der Waals surface area contributed by atoms with Crippen LogP contribution in [0.1, 0.15) is 43.7 Å². The van der Waals surface area contributed by atoms with E-state index >= 15 is 0 Å². The molecule has 130 valence electrons. The number of hydrogen-bond acceptors (Lipinski definition) is 1. The minimum Gasteiger partial charge on any atom is -0.324 e. The van der Waals surface area contributed by atoms with Gasteiger partial charge in [-0.25, -0.2) is 0 Å². The highest BCUT2D eigenvalue weighted by Crippen LogP contribution is 2.65. The molecule has 2 aromatic rings. The Morgan fingerprint density at radius 3 is 1.75 bits per heavy atom. The molecule has 2 N–H and O–H groups in total. The molecule has 2 aromatic carbocycles. The van der Waals surface area contributed by atoms with Gasteiger partial charge < -0.3 is 9.79 Å². The van der Waals surface area contributed by atoms with Crippen LogP contribution in [-0.2, 0) is 9.72 Å². The molecule has 0 saturated heterocycles. The average Bonchev–Trinajstić information content (AvgIpc) is 2.52. The Labute approximate surface area is 152 Å². The Bertz CT molecular complexity index is 697. The van der Waals surface area contributed by atoms with Gasteiger partial charge in [0.1, 0.15) is 5.16 Å². The fraction of sp³-hybridized carbons (Fsp3) is 0.333. The van der Waals surface area contributed by atoms with E-state index in [1.807, 2.05) is 6.92 Å². The summed E-state index contributed by atoms with van der Waals surface area (Å²) in [6.45, 7) is 2.05. The van der Waals surface area contributed by atoms with Crippen molar-refractivity contribution in [3.8, 4) is 0 Å². The third-order valence-corrected chi connectivity index (χ3v) is 6.64. The van der Waals surface area contributed by atoms with Crippen LogP contribution in [0.15, 0.2) is 48.5 Å². The van der Waals surface area contributed by atoms with Crippen molar-refractivity contribution in [2.75, 3.05) is 0 Å². The highest BCUT2D eigenvalue weighted by atomic mass is 35.5. The van der Waals surface area contributed by atoms with Gasteiger partial charge in [0.25, 0.3) is 0 Å². The fourth-order valence-corrected chi connectivity index (χ4v) is 5.29. The van der Waals surface area contributed by atoms with E-state index in [9.17, 15) is 14.4 Å². The van der Waals surface area contributed by atoms with Crippen molar-refractivity contribution in [3.05, 3.63) is 69.7 Å². The lowest BCUT2D eigenvalue weighted by Gasteiger charge is -2.36. The van der Waals surface area contributed by atoms with E-state index in [1.165, 1.54) is 0 Å². The van der Waals surface area contributed by atoms with Crippen molar-refractivity contribution in [2.45, 2.75) is 37.8 Å². The standard InChI is InChI=1S/C18H21Cl2O3P/c1-2-3-8-13-18(24(21,22)23,14-9-4-6-11-16(14)19)15-10-5-7-12-17(15)20/h4-7,9-12H,2-3,8,13H2,1H3,(H2,21,22,23). The van der Waals surface area contributed by atoms with Crippen molar-refractivity contribution >= 4 is 30.8 Å². The zero-order chi connectivity index (χ0) is 17.8. The van der Waals surface area contributed by atoms with E-state index in [4.69, 9.17) is 23.2 Å². The van der Waals surface area contributed by atoms with Gasteiger partial charge in [0.2, 0.25) is 0 Å². The van der Waals surface area contributed by atoms with Crippen LogP contribution in [0.2, 0.25) is 10.0 Å². The SMILES string of the molecule is CCCCCC(c1ccccc1Cl)(c1ccccc1Cl)P(=O)(O)O. The van der Waals surface area contributed by atoms with Crippen LogP contribution in [-0.4, -0.2) is 9.79 Å². The summed E-state index contributed by atoms with van der Waals surface area (Å²) in [5.41, 5.74) is 0.841. The summed E-state index contributed by atoms with van der Waals surface area (Å²) in [6, 6.07) is 13.6. The lowest BCUT2D eigenvalue weighted by molar-refractivity contribution is 0.329. The topological polar surface area (TPSA) is 57.5 Å². The van der Waals surface area contributed by atoms with Crippen molar-refractivity contribution in [1.82, 2.24) is 0 Å². The number of rotatable bonds is 7. The van der Waals surface area contributed by atoms with Crippen LogP contribution in [0.4, 0.5) is 0 Å². The normalized spacial score (nSPS) is 12.4. The zero-order valence-corrected chi connectivity index (χ0v) is 15.9. The van der Waals surface area contributed by atoms with Gasteiger partial charge in [-0.1, -0.05) is 85.8 Å². The summed E-state index contributed by atoms with van der Waals surface area (Å²) in [5.74, 6) is 0. The molecule has 0 radical (unpaired) electrons. The summed E-state index contributed by atoms with van der Waals surface area (Å²) >= 11 is 12.7. The van der Waals surface area contributed by atoms with Gasteiger partial charge in [-0.15, -0.1) is 0 Å². The Morgan fingerprint density at radius 1 is 0.917 bits per heavy atom. The van der Waals surface area contributed by atoms with Gasteiger partial charge in [-0.05, 0) is 29.7 Å². The first-order valence-electron chi connectivity index (χ1n) is 7.90. The second kappa shape index (κ2) is 8.03. The minimum absolute atomic E-state index is 0.276. The van der Waals surface area contributed by atoms with E-state index in [0.717, 1.165) is 12.8 Å². The van der Waals surface area contributed by atoms with Gasteiger partial charge >= 0.3 is 7.60 Å². The van der Waals surface area contributed by atoms with E-state index in [-0.39, 0.29) is 6.42 Å². The molecule has 0 aliphatic heterocycles. The van der Waals surface area contributed by atoms with Crippen molar-refractivity contribution < 1.29 is 14.4 Å². The Morgan fingerprint density at radius 2 is 1.38 bits per heavy atom. The molecular weight excluding hydrogens is 366 g/mol. The molecule has 0 saturated carbocycles. The summed E-state index contributed by atoms with van der Waals surface area (Å²) in [7, 11) is -4.61. The molecule has 0 fully saturated rings. The first-order chi connectivity index (χ1) is 11.3. The molecule has 2 rings (SSSR count). The van der Waals surface area contributed by atoms with Crippen LogP contribution >= 0.6 is 30.8 Å². The quantitative estimate of drug-likeness (QED) is 0.453. The van der Waals surface area contributed by atoms with Gasteiger partial charge in [-0.3, -0.25) is 4.57 Å². The molecule has 0 spiro atoms. The number of halogens is 2. The molecule has 0 atom stereocenters. The maximum Gasteiger partial charge on any atom is 0.340 e. The molecule has 6 heteroatoms. The number of benzene rings is 2. The zero-order valence-electron chi connectivity index (χ0n) is 13.5. The average molecular weight is 387 g/mol. The molecule has 0 unspecified atom stereocenters. The summed E-state index contributed by atoms with van der Waals surface area (Å²) in [4.78, 5) is 20.8. The first-order valence-corrected chi connectivity index (χ1v) is 10.3. The summed E-state index contributed by atoms with van der Waals surface area (Å²) in [6.07, 6.45) is 2.76. The molecule has 0 bridgehead atoms. The molecule has 3 nitrogen and oxygen atoms in total. The minimum atomic E-state index is -4.61. The Hall–Kier alpha value is -0.830. The van der Waals surface area contributed by atoms with Gasteiger partial charge in [0.15, 0.2) is 0 Å². The van der Waals surface area contributed by atoms with Crippen LogP contribution in [0.25, 0.3) is 0 Å². The molecule has 0 aromatic heterocycles. The molecule has 0 aliphatic carbocycles. The van der Waals surface area contributed by atoms with Crippen LogP contribution in [0.3, 0.4) is 0 Å². The number of unbranched alkanes of at least 4 members (excludes halogenated alkanes) is 2. The molecule has 24 heavy (non-hydrogen) atoms. The van der Waals surface area contributed by atoms with Crippen molar-refractivity contribution in [2.24, 2.45) is 0 Å². The Kier molecular flexibility index (Phi) is 6.52. The van der Waals surface area contributed by atoms with Gasteiger partial charge in [0, 0.05) is 10.0 Å². The summed E-state index contributed by atoms with van der Waals surface area (Å²) in [5, 5.41) is -0.881. The van der Waals surface area contributed by atoms with E-state index in [1.54, 1.807) is 48.5 Å². The van der Waals surface area contributed by atoms with E-state index in [0.29, 0.717) is 27.6 Å². The predicted molar refractivity (Wildman–Crippen MR) is 99.9 cm³/mol. The molecular formula is C18H21Cl2O3P. The first kappa shape index (κ1) is 19.5. The third-order valence-electron chi connectivity index (χ3n) is 4.28. The largest absolute Gasteiger partial charge is 0.340 e. The van der Waals surface area contributed by atoms with Crippen LogP contribution < -0.4 is 0 Å². The lowest BCUT2D eigenvalue weighted by atomic mass is 9.85. The maximum atomic E-state index is 12.7. The smallest absolute Gasteiger partial charge is 0.324 e. The van der Waals surface area contributed by atoms with Crippen molar-refractivity contribution in [3.63, 3.8) is 0 Å². The summed E-state index contributed by atoms with van der Waals surface area (Å²) < 4.78 is 12.7. The lowest BCUT2D eigenvalue weighted by Crippen LogP contribution is -2.29. The fourth-order valence-electron chi connectivity index (χ4n) is 3.10. The van der Waals surface area contributed by atoms with Crippen LogP contribution in [0, 0.1) is 0 Å². The second-order valence-corrected chi connectivity index (χ2v) is 8.49. The maximum absolute atomic E-state index is 12.7. The predicted octanol–water partition coefficient (Wildman–Crippen LogP) is 6.00. The van der Waals surface area contributed by atoms with Crippen molar-refractivity contribution in [1.29, 1.82) is 0 Å². The van der Waals surface area contributed by atoms with E-state index < -0.39 is 12.8 Å². The molecule has 0 heterocycles. The molecule has 0 aliphatic rings.